The Bertz CT molecular complexity index is 1520. The van der Waals surface area contributed by atoms with Crippen LogP contribution in [0.1, 0.15) is 42.3 Å². The van der Waals surface area contributed by atoms with Crippen molar-refractivity contribution < 1.29 is 23.8 Å². The third kappa shape index (κ3) is 8.69. The number of carbonyl (C=O) groups excluding carboxylic acids is 2. The Hall–Kier alpha value is -5.12. The molecular weight excluding hydrogens is 522 g/mol. The van der Waals surface area contributed by atoms with Crippen LogP contribution in [0.4, 0.5) is 22.1 Å². The number of anilines is 3. The van der Waals surface area contributed by atoms with Gasteiger partial charge in [-0.15, -0.1) is 0 Å². The second-order valence-electron chi connectivity index (χ2n) is 10.2. The molecule has 0 spiro atoms. The lowest BCUT2D eigenvalue weighted by atomic mass is 10.1. The number of amides is 2. The van der Waals surface area contributed by atoms with Crippen LogP contribution in [0.2, 0.25) is 0 Å². The molecule has 2 amide bonds. The molecule has 1 heterocycles. The Balaban J connectivity index is 1.58. The van der Waals surface area contributed by atoms with Crippen LogP contribution in [0, 0.1) is 6.92 Å². The first kappa shape index (κ1) is 28.9. The predicted octanol–water partition coefficient (Wildman–Crippen LogP) is 6.61. The fourth-order valence-electron chi connectivity index (χ4n) is 3.64. The average Bonchev–Trinajstić information content (AvgIpc) is 2.92. The molecule has 212 valence electrons. The summed E-state index contributed by atoms with van der Waals surface area (Å²) in [4.78, 5) is 34.3. The van der Waals surface area contributed by atoms with E-state index in [1.54, 1.807) is 58.2 Å². The fraction of sp³-hybridized carbons (Fsp3) is 0.226. The van der Waals surface area contributed by atoms with E-state index in [1.807, 2.05) is 49.4 Å². The van der Waals surface area contributed by atoms with Gasteiger partial charge in [-0.05, 0) is 57.5 Å². The minimum Gasteiger partial charge on any atom is -0.497 e. The van der Waals surface area contributed by atoms with E-state index in [1.165, 1.54) is 6.20 Å². The van der Waals surface area contributed by atoms with Gasteiger partial charge in [0, 0.05) is 36.2 Å². The summed E-state index contributed by atoms with van der Waals surface area (Å²) in [5.74, 6) is 0.842. The molecule has 10 heteroatoms. The van der Waals surface area contributed by atoms with Crippen LogP contribution in [0.15, 0.2) is 79.0 Å². The number of aryl methyl sites for hydroxylation is 1. The highest BCUT2D eigenvalue weighted by molar-refractivity contribution is 5.96. The molecule has 0 radical (unpaired) electrons. The van der Waals surface area contributed by atoms with Gasteiger partial charge in [-0.1, -0.05) is 42.0 Å². The number of carbonyl (C=O) groups is 2. The van der Waals surface area contributed by atoms with Crippen LogP contribution in [0.3, 0.4) is 0 Å². The van der Waals surface area contributed by atoms with Gasteiger partial charge >= 0.3 is 6.09 Å². The summed E-state index contributed by atoms with van der Waals surface area (Å²) in [6, 6.07) is 21.8. The van der Waals surface area contributed by atoms with Crippen LogP contribution in [-0.4, -0.2) is 34.7 Å². The minimum atomic E-state index is -0.647. The number of rotatable bonds is 9. The number of benzene rings is 3. The monoisotopic (exact) mass is 555 g/mol. The summed E-state index contributed by atoms with van der Waals surface area (Å²) in [6.07, 6.45) is 0.801. The summed E-state index contributed by atoms with van der Waals surface area (Å²) in [6.45, 7) is 7.66. The lowest BCUT2D eigenvalue weighted by molar-refractivity contribution is 0.0635. The lowest BCUT2D eigenvalue weighted by Crippen LogP contribution is -2.27. The molecule has 0 saturated heterocycles. The molecule has 3 N–H and O–H groups in total. The molecule has 4 aromatic rings. The summed E-state index contributed by atoms with van der Waals surface area (Å²) < 4.78 is 16.7. The molecular formula is C31H33N5O5. The fourth-order valence-corrected chi connectivity index (χ4v) is 3.64. The molecule has 4 rings (SSSR count). The van der Waals surface area contributed by atoms with Gasteiger partial charge in [0.15, 0.2) is 0 Å². The van der Waals surface area contributed by atoms with Crippen molar-refractivity contribution in [1.29, 1.82) is 0 Å². The van der Waals surface area contributed by atoms with Crippen molar-refractivity contribution in [2.24, 2.45) is 0 Å². The van der Waals surface area contributed by atoms with Gasteiger partial charge in [-0.25, -0.2) is 9.78 Å². The Labute approximate surface area is 239 Å². The Kier molecular flexibility index (Phi) is 9.03. The molecule has 0 aliphatic heterocycles. The quantitative estimate of drug-likeness (QED) is 0.211. The van der Waals surface area contributed by atoms with Gasteiger partial charge in [0.1, 0.15) is 22.7 Å². The molecule has 0 aliphatic rings. The van der Waals surface area contributed by atoms with Crippen molar-refractivity contribution in [2.75, 3.05) is 17.7 Å². The third-order valence-corrected chi connectivity index (χ3v) is 5.59. The van der Waals surface area contributed by atoms with E-state index >= 15 is 0 Å². The maximum absolute atomic E-state index is 13.2. The van der Waals surface area contributed by atoms with Gasteiger partial charge in [-0.2, -0.15) is 4.98 Å². The van der Waals surface area contributed by atoms with Crippen LogP contribution in [-0.2, 0) is 11.3 Å². The molecule has 0 atom stereocenters. The van der Waals surface area contributed by atoms with E-state index in [-0.39, 0.29) is 17.4 Å². The maximum atomic E-state index is 13.2. The van der Waals surface area contributed by atoms with Crippen LogP contribution in [0.25, 0.3) is 0 Å². The number of aromatic nitrogens is 2. The number of nitrogens with one attached hydrogen (secondary N) is 3. The Morgan fingerprint density at radius 3 is 2.29 bits per heavy atom. The standard InChI is InChI=1S/C31H33N5O5/c1-20-12-14-21(15-13-20)18-32-27(37)26-19-33-29(34-22-8-6-10-24(16-22)39-5)36-28(26)40-25-11-7-9-23(17-25)35-30(38)41-31(2,3)4/h6-17,19H,18H2,1-5H3,(H,32,37)(H,35,38)(H,33,34,36). The van der Waals surface area contributed by atoms with E-state index in [2.05, 4.69) is 25.9 Å². The number of hydrogen-bond acceptors (Lipinski definition) is 8. The van der Waals surface area contributed by atoms with Crippen molar-refractivity contribution in [2.45, 2.75) is 39.8 Å². The number of hydrogen-bond donors (Lipinski definition) is 3. The highest BCUT2D eigenvalue weighted by atomic mass is 16.6. The molecule has 0 aliphatic carbocycles. The Morgan fingerprint density at radius 1 is 0.902 bits per heavy atom. The number of nitrogens with zero attached hydrogens (tertiary/aromatic N) is 2. The van der Waals surface area contributed by atoms with Crippen LogP contribution >= 0.6 is 0 Å². The average molecular weight is 556 g/mol. The molecule has 41 heavy (non-hydrogen) atoms. The van der Waals surface area contributed by atoms with E-state index in [0.29, 0.717) is 29.4 Å². The second-order valence-corrected chi connectivity index (χ2v) is 10.2. The van der Waals surface area contributed by atoms with Crippen molar-refractivity contribution >= 4 is 29.3 Å². The molecule has 0 saturated carbocycles. The first-order valence-electron chi connectivity index (χ1n) is 13.0. The predicted molar refractivity (Wildman–Crippen MR) is 157 cm³/mol. The van der Waals surface area contributed by atoms with Crippen molar-refractivity contribution in [1.82, 2.24) is 15.3 Å². The summed E-state index contributed by atoms with van der Waals surface area (Å²) >= 11 is 0. The number of ether oxygens (including phenoxy) is 3. The third-order valence-electron chi connectivity index (χ3n) is 5.59. The summed E-state index contributed by atoms with van der Waals surface area (Å²) in [5, 5.41) is 8.68. The lowest BCUT2D eigenvalue weighted by Gasteiger charge is -2.19. The smallest absolute Gasteiger partial charge is 0.412 e. The molecule has 0 bridgehead atoms. The Morgan fingerprint density at radius 2 is 1.59 bits per heavy atom. The van der Waals surface area contributed by atoms with Crippen molar-refractivity contribution in [3.63, 3.8) is 0 Å². The second kappa shape index (κ2) is 12.8. The number of methoxy groups -OCH3 is 1. The highest BCUT2D eigenvalue weighted by Crippen LogP contribution is 2.28. The van der Waals surface area contributed by atoms with E-state index in [9.17, 15) is 9.59 Å². The van der Waals surface area contributed by atoms with Crippen LogP contribution in [0.5, 0.6) is 17.4 Å². The van der Waals surface area contributed by atoms with Gasteiger partial charge < -0.3 is 24.8 Å². The zero-order chi connectivity index (χ0) is 29.4. The van der Waals surface area contributed by atoms with Gasteiger partial charge in [-0.3, -0.25) is 10.1 Å². The largest absolute Gasteiger partial charge is 0.497 e. The van der Waals surface area contributed by atoms with E-state index < -0.39 is 17.6 Å². The first-order chi connectivity index (χ1) is 19.6. The summed E-state index contributed by atoms with van der Waals surface area (Å²) in [5.41, 5.74) is 2.71. The highest BCUT2D eigenvalue weighted by Gasteiger charge is 2.19. The van der Waals surface area contributed by atoms with Gasteiger partial charge in [0.25, 0.3) is 5.91 Å². The normalized spacial score (nSPS) is 10.9. The molecule has 0 fully saturated rings. The topological polar surface area (TPSA) is 124 Å². The minimum absolute atomic E-state index is 0.0289. The molecule has 3 aromatic carbocycles. The molecule has 10 nitrogen and oxygen atoms in total. The zero-order valence-electron chi connectivity index (χ0n) is 23.6. The van der Waals surface area contributed by atoms with E-state index in [0.717, 1.165) is 11.1 Å². The molecule has 0 unspecified atom stereocenters. The summed E-state index contributed by atoms with van der Waals surface area (Å²) in [7, 11) is 1.58. The van der Waals surface area contributed by atoms with Crippen LogP contribution < -0.4 is 25.4 Å². The SMILES string of the molecule is COc1cccc(Nc2ncc(C(=O)NCc3ccc(C)cc3)c(Oc3cccc(NC(=O)OC(C)(C)C)c3)n2)c1. The van der Waals surface area contributed by atoms with Gasteiger partial charge in [0.2, 0.25) is 11.8 Å². The van der Waals surface area contributed by atoms with Gasteiger partial charge in [0.05, 0.1) is 7.11 Å². The maximum Gasteiger partial charge on any atom is 0.412 e. The first-order valence-corrected chi connectivity index (χ1v) is 13.0. The van der Waals surface area contributed by atoms with E-state index in [4.69, 9.17) is 14.2 Å². The zero-order valence-corrected chi connectivity index (χ0v) is 23.6. The molecule has 1 aromatic heterocycles. The van der Waals surface area contributed by atoms with Crippen molar-refractivity contribution in [3.8, 4) is 17.4 Å². The van der Waals surface area contributed by atoms with Crippen molar-refractivity contribution in [3.05, 3.63) is 95.7 Å².